The Kier molecular flexibility index (Phi) is 5.22. The molecule has 1 aliphatic rings. The first-order valence-corrected chi connectivity index (χ1v) is 9.12. The number of nitrogens with two attached hydrogens (primary N) is 1. The highest BCUT2D eigenvalue weighted by atomic mass is 79.9. The number of carbonyl (C=O) groups is 2. The number of benzene rings is 1. The van der Waals surface area contributed by atoms with Gasteiger partial charge in [-0.15, -0.1) is 0 Å². The highest BCUT2D eigenvalue weighted by molar-refractivity contribution is 9.10. The zero-order chi connectivity index (χ0) is 18.0. The maximum Gasteiger partial charge on any atom is 0.252 e. The first-order valence-electron chi connectivity index (χ1n) is 8.33. The fourth-order valence-corrected chi connectivity index (χ4v) is 3.44. The molecule has 2 heterocycles. The second-order valence-corrected chi connectivity index (χ2v) is 7.39. The number of aryl methyl sites for hydroxylation is 1. The van der Waals surface area contributed by atoms with E-state index in [9.17, 15) is 9.59 Å². The Labute approximate surface area is 154 Å². The molecule has 0 unspecified atom stereocenters. The molecule has 2 atom stereocenters. The molecule has 0 aliphatic carbocycles. The molecule has 25 heavy (non-hydrogen) atoms. The Bertz CT molecular complexity index is 785. The van der Waals surface area contributed by atoms with E-state index in [0.29, 0.717) is 18.5 Å². The van der Waals surface area contributed by atoms with Crippen molar-refractivity contribution in [1.29, 1.82) is 0 Å². The van der Waals surface area contributed by atoms with Crippen molar-refractivity contribution in [2.75, 3.05) is 6.54 Å². The molecule has 6 nitrogen and oxygen atoms in total. The third-order valence-corrected chi connectivity index (χ3v) is 5.30. The van der Waals surface area contributed by atoms with Crippen LogP contribution >= 0.6 is 15.9 Å². The molecule has 0 fully saturated rings. The molecule has 0 spiro atoms. The van der Waals surface area contributed by atoms with E-state index < -0.39 is 5.91 Å². The molecule has 132 valence electrons. The van der Waals surface area contributed by atoms with Gasteiger partial charge in [0.25, 0.3) is 5.91 Å². The van der Waals surface area contributed by atoms with Gasteiger partial charge in [0.05, 0.1) is 23.4 Å². The molecule has 1 aliphatic heterocycles. The highest BCUT2D eigenvalue weighted by Gasteiger charge is 2.25. The van der Waals surface area contributed by atoms with Crippen LogP contribution in [0.3, 0.4) is 0 Å². The van der Waals surface area contributed by atoms with Gasteiger partial charge in [0.1, 0.15) is 0 Å². The molecule has 7 heteroatoms. The number of halogens is 1. The van der Waals surface area contributed by atoms with E-state index in [1.807, 2.05) is 35.9 Å². The predicted octanol–water partition coefficient (Wildman–Crippen LogP) is 2.23. The molecular formula is C18H21BrN4O2. The second kappa shape index (κ2) is 7.39. The summed E-state index contributed by atoms with van der Waals surface area (Å²) in [5.41, 5.74) is 7.74. The lowest BCUT2D eigenvalue weighted by molar-refractivity contribution is -0.122. The fraction of sp³-hybridized carbons (Fsp3) is 0.389. The summed E-state index contributed by atoms with van der Waals surface area (Å²) in [6.07, 6.45) is 3.15. The minimum atomic E-state index is -0.449. The molecule has 2 aromatic rings. The lowest BCUT2D eigenvalue weighted by atomic mass is 9.93. The van der Waals surface area contributed by atoms with Gasteiger partial charge in [-0.3, -0.25) is 14.3 Å². The van der Waals surface area contributed by atoms with Gasteiger partial charge in [-0.05, 0) is 43.4 Å². The van der Waals surface area contributed by atoms with Crippen molar-refractivity contribution < 1.29 is 9.59 Å². The molecule has 0 saturated carbocycles. The van der Waals surface area contributed by atoms with Crippen LogP contribution < -0.4 is 11.1 Å². The standard InChI is InChI=1S/C18H21BrN4O2/c1-11(13-2-4-14(19)5-3-13)18(25)21-9-12-6-7-23-16(8-12)15(10-22-23)17(20)24/h2-5,10-12H,6-9H2,1H3,(H2,20,24)(H,21,25)/t11-,12+/m1/s1. The van der Waals surface area contributed by atoms with Crippen LogP contribution in [0.2, 0.25) is 0 Å². The van der Waals surface area contributed by atoms with Gasteiger partial charge < -0.3 is 11.1 Å². The number of nitrogens with zero attached hydrogens (tertiary/aromatic N) is 2. The number of aromatic nitrogens is 2. The van der Waals surface area contributed by atoms with Crippen LogP contribution in [0.5, 0.6) is 0 Å². The Morgan fingerprint density at radius 1 is 1.40 bits per heavy atom. The summed E-state index contributed by atoms with van der Waals surface area (Å²) in [7, 11) is 0. The number of fused-ring (bicyclic) bond motifs is 1. The molecule has 0 bridgehead atoms. The van der Waals surface area contributed by atoms with Gasteiger partial charge in [0.2, 0.25) is 5.91 Å². The van der Waals surface area contributed by atoms with E-state index in [2.05, 4.69) is 26.3 Å². The quantitative estimate of drug-likeness (QED) is 0.800. The predicted molar refractivity (Wildman–Crippen MR) is 98.1 cm³/mol. The molecule has 3 N–H and O–H groups in total. The van der Waals surface area contributed by atoms with E-state index >= 15 is 0 Å². The van der Waals surface area contributed by atoms with E-state index in [1.165, 1.54) is 6.20 Å². The number of primary amides is 1. The number of rotatable bonds is 5. The Balaban J connectivity index is 1.58. The third kappa shape index (κ3) is 3.92. The second-order valence-electron chi connectivity index (χ2n) is 6.47. The van der Waals surface area contributed by atoms with Crippen molar-refractivity contribution in [3.05, 3.63) is 51.8 Å². The normalized spacial score (nSPS) is 17.6. The zero-order valence-electron chi connectivity index (χ0n) is 14.0. The van der Waals surface area contributed by atoms with Crippen molar-refractivity contribution in [3.8, 4) is 0 Å². The number of hydrogen-bond donors (Lipinski definition) is 2. The maximum atomic E-state index is 12.4. The van der Waals surface area contributed by atoms with E-state index in [-0.39, 0.29) is 17.7 Å². The first-order chi connectivity index (χ1) is 12.0. The summed E-state index contributed by atoms with van der Waals surface area (Å²) in [6, 6.07) is 7.78. The van der Waals surface area contributed by atoms with Crippen LogP contribution in [0.25, 0.3) is 0 Å². The topological polar surface area (TPSA) is 90.0 Å². The largest absolute Gasteiger partial charge is 0.365 e. The average Bonchev–Trinajstić information content (AvgIpc) is 3.03. The summed E-state index contributed by atoms with van der Waals surface area (Å²) in [5, 5.41) is 7.25. The number of carbonyl (C=O) groups excluding carboxylic acids is 2. The summed E-state index contributed by atoms with van der Waals surface area (Å²) in [4.78, 5) is 23.9. The summed E-state index contributed by atoms with van der Waals surface area (Å²) < 4.78 is 2.83. The summed E-state index contributed by atoms with van der Waals surface area (Å²) >= 11 is 3.40. The van der Waals surface area contributed by atoms with Crippen LogP contribution in [0.15, 0.2) is 34.9 Å². The van der Waals surface area contributed by atoms with Crippen molar-refractivity contribution in [2.45, 2.75) is 32.2 Å². The van der Waals surface area contributed by atoms with Gasteiger partial charge in [-0.1, -0.05) is 28.1 Å². The summed E-state index contributed by atoms with van der Waals surface area (Å²) in [5.74, 6) is -0.363. The van der Waals surface area contributed by atoms with E-state index in [1.54, 1.807) is 0 Å². The van der Waals surface area contributed by atoms with Gasteiger partial charge in [0, 0.05) is 17.6 Å². The van der Waals surface area contributed by atoms with Crippen molar-refractivity contribution in [1.82, 2.24) is 15.1 Å². The van der Waals surface area contributed by atoms with Gasteiger partial charge in [-0.2, -0.15) is 5.10 Å². The molecular weight excluding hydrogens is 384 g/mol. The van der Waals surface area contributed by atoms with Crippen LogP contribution in [0.1, 0.15) is 40.9 Å². The molecule has 0 saturated heterocycles. The zero-order valence-corrected chi connectivity index (χ0v) is 15.6. The molecule has 0 radical (unpaired) electrons. The summed E-state index contributed by atoms with van der Waals surface area (Å²) in [6.45, 7) is 3.23. The number of hydrogen-bond acceptors (Lipinski definition) is 3. The number of amides is 2. The molecule has 1 aromatic carbocycles. The minimum Gasteiger partial charge on any atom is -0.365 e. The van der Waals surface area contributed by atoms with Crippen LogP contribution in [0, 0.1) is 5.92 Å². The van der Waals surface area contributed by atoms with Gasteiger partial charge in [-0.25, -0.2) is 0 Å². The minimum absolute atomic E-state index is 0.0107. The number of nitrogens with one attached hydrogen (secondary N) is 1. The van der Waals surface area contributed by atoms with Crippen LogP contribution in [-0.2, 0) is 17.8 Å². The highest BCUT2D eigenvalue weighted by Crippen LogP contribution is 2.23. The monoisotopic (exact) mass is 404 g/mol. The molecule has 1 aromatic heterocycles. The van der Waals surface area contributed by atoms with E-state index in [0.717, 1.165) is 28.7 Å². The smallest absolute Gasteiger partial charge is 0.252 e. The van der Waals surface area contributed by atoms with Crippen molar-refractivity contribution >= 4 is 27.7 Å². The third-order valence-electron chi connectivity index (χ3n) is 4.77. The lowest BCUT2D eigenvalue weighted by Crippen LogP contribution is -2.35. The first kappa shape index (κ1) is 17.7. The Morgan fingerprint density at radius 2 is 2.12 bits per heavy atom. The van der Waals surface area contributed by atoms with Gasteiger partial charge >= 0.3 is 0 Å². The van der Waals surface area contributed by atoms with Crippen LogP contribution in [-0.4, -0.2) is 28.1 Å². The SMILES string of the molecule is C[C@@H](C(=O)NC[C@H]1CCn2ncc(C(N)=O)c2C1)c1ccc(Br)cc1. The van der Waals surface area contributed by atoms with Crippen LogP contribution in [0.4, 0.5) is 0 Å². The maximum absolute atomic E-state index is 12.4. The molecule has 3 rings (SSSR count). The molecule has 2 amide bonds. The average molecular weight is 405 g/mol. The Morgan fingerprint density at radius 3 is 2.80 bits per heavy atom. The Hall–Kier alpha value is -2.15. The van der Waals surface area contributed by atoms with Gasteiger partial charge in [0.15, 0.2) is 0 Å². The van der Waals surface area contributed by atoms with E-state index in [4.69, 9.17) is 5.73 Å². The van der Waals surface area contributed by atoms with Crippen molar-refractivity contribution in [3.63, 3.8) is 0 Å². The lowest BCUT2D eigenvalue weighted by Gasteiger charge is -2.24. The van der Waals surface area contributed by atoms with Crippen molar-refractivity contribution in [2.24, 2.45) is 11.7 Å². The fourth-order valence-electron chi connectivity index (χ4n) is 3.18.